The van der Waals surface area contributed by atoms with Crippen LogP contribution in [0, 0.1) is 5.82 Å². The Morgan fingerprint density at radius 2 is 1.76 bits per heavy atom. The molecule has 0 saturated carbocycles. The van der Waals surface area contributed by atoms with Crippen molar-refractivity contribution in [3.8, 4) is 0 Å². The average molecular weight is 411 g/mol. The number of carbonyl (C=O) groups excluding carboxylic acids is 2. The van der Waals surface area contributed by atoms with Gasteiger partial charge in [-0.3, -0.25) is 4.79 Å². The molecule has 0 fully saturated rings. The van der Waals surface area contributed by atoms with Gasteiger partial charge in [0.15, 0.2) is 0 Å². The van der Waals surface area contributed by atoms with E-state index in [1.54, 1.807) is 18.2 Å². The van der Waals surface area contributed by atoms with E-state index in [0.29, 0.717) is 29.6 Å². The molecule has 1 N–H and O–H groups in total. The van der Waals surface area contributed by atoms with Gasteiger partial charge in [0, 0.05) is 31.0 Å². The van der Waals surface area contributed by atoms with Crippen LogP contribution in [0.4, 0.5) is 4.39 Å². The molecule has 1 atom stereocenters. The highest BCUT2D eigenvalue weighted by Gasteiger charge is 2.20. The van der Waals surface area contributed by atoms with E-state index < -0.39 is 12.0 Å². The van der Waals surface area contributed by atoms with Crippen molar-refractivity contribution in [2.24, 2.45) is 0 Å². The molecule has 0 aromatic heterocycles. The largest absolute Gasteiger partial charge is 0.550 e. The first-order valence-electron chi connectivity index (χ1n) is 10.3. The Bertz CT molecular complexity index is 631. The van der Waals surface area contributed by atoms with Crippen LogP contribution in [0.1, 0.15) is 50.5 Å². The van der Waals surface area contributed by atoms with Gasteiger partial charge in [0.2, 0.25) is 5.91 Å². The number of nitrogens with one attached hydrogen (secondary N) is 1. The van der Waals surface area contributed by atoms with Crippen LogP contribution >= 0.6 is 0 Å². The Labute approximate surface area is 173 Å². The Hall–Kier alpha value is -1.99. The van der Waals surface area contributed by atoms with Gasteiger partial charge >= 0.3 is 0 Å². The number of benzene rings is 1. The quantitative estimate of drug-likeness (QED) is 0.354. The number of hydrogen-bond donors (Lipinski definition) is 1. The number of nitrogens with zero attached hydrogens (tertiary/aromatic N) is 1. The molecule has 0 saturated heterocycles. The van der Waals surface area contributed by atoms with Crippen molar-refractivity contribution in [2.45, 2.75) is 57.6 Å². The third kappa shape index (κ3) is 13.0. The van der Waals surface area contributed by atoms with Crippen molar-refractivity contribution in [1.82, 2.24) is 5.32 Å². The fraction of sp³-hybridized carbons (Fsp3) is 0.636. The number of carbonyl (C=O) groups is 2. The summed E-state index contributed by atoms with van der Waals surface area (Å²) >= 11 is 0. The summed E-state index contributed by atoms with van der Waals surface area (Å²) in [7, 11) is 5.86. The van der Waals surface area contributed by atoms with E-state index in [-0.39, 0.29) is 24.8 Å². The van der Waals surface area contributed by atoms with E-state index in [1.165, 1.54) is 6.07 Å². The number of carboxylic acids is 1. The number of amides is 1. The first-order chi connectivity index (χ1) is 13.7. The first-order valence-corrected chi connectivity index (χ1v) is 10.3. The highest BCUT2D eigenvalue weighted by Crippen LogP contribution is 2.10. The summed E-state index contributed by atoms with van der Waals surface area (Å²) in [6.07, 6.45) is 4.81. The normalized spacial score (nSPS) is 12.6. The lowest BCUT2D eigenvalue weighted by atomic mass is 10.1. The molecule has 1 unspecified atom stereocenters. The summed E-state index contributed by atoms with van der Waals surface area (Å²) in [5.74, 6) is -1.51. The molecule has 1 rings (SSSR count). The zero-order chi connectivity index (χ0) is 21.7. The van der Waals surface area contributed by atoms with Gasteiger partial charge in [0.25, 0.3) is 0 Å². The first kappa shape index (κ1) is 25.0. The number of halogens is 1. The van der Waals surface area contributed by atoms with Gasteiger partial charge in [0.05, 0.1) is 40.3 Å². The number of likely N-dealkylation sites (N-methyl/N-ethyl adjacent to an activating group) is 1. The summed E-state index contributed by atoms with van der Waals surface area (Å²) in [4.78, 5) is 23.0. The monoisotopic (exact) mass is 410 g/mol. The number of carboxylic acid groups (broad SMARTS) is 1. The summed E-state index contributed by atoms with van der Waals surface area (Å²) < 4.78 is 19.5. The van der Waals surface area contributed by atoms with Crippen LogP contribution in [-0.2, 0) is 20.9 Å². The van der Waals surface area contributed by atoms with Crippen molar-refractivity contribution in [3.63, 3.8) is 0 Å². The maximum absolute atomic E-state index is 13.4. The lowest BCUT2D eigenvalue weighted by Crippen LogP contribution is -2.50. The molecule has 0 heterocycles. The van der Waals surface area contributed by atoms with Gasteiger partial charge in [-0.15, -0.1) is 0 Å². The summed E-state index contributed by atoms with van der Waals surface area (Å²) in [5, 5.41) is 13.7. The molecule has 164 valence electrons. The Balaban J connectivity index is 2.09. The number of hydrogen-bond acceptors (Lipinski definition) is 4. The minimum atomic E-state index is -1.15. The summed E-state index contributed by atoms with van der Waals surface area (Å²) in [6, 6.07) is 6.18. The fourth-order valence-electron chi connectivity index (χ4n) is 3.14. The molecule has 0 aliphatic heterocycles. The van der Waals surface area contributed by atoms with Gasteiger partial charge < -0.3 is 24.4 Å². The van der Waals surface area contributed by atoms with Crippen molar-refractivity contribution in [3.05, 3.63) is 35.6 Å². The summed E-state index contributed by atoms with van der Waals surface area (Å²) in [5.41, 5.74) is 0.570. The van der Waals surface area contributed by atoms with Crippen molar-refractivity contribution < 1.29 is 28.3 Å². The number of ether oxygens (including phenoxy) is 1. The van der Waals surface area contributed by atoms with Gasteiger partial charge in [-0.25, -0.2) is 4.39 Å². The standard InChI is InChI=1S/C22H35FN2O4/c1-25(2,3)16-19(15-22(27)28)24-21(26)13-7-5-4-6-10-14-29-17-18-11-8-9-12-20(18)23/h8-9,11-12,19H,4-7,10,13-17H2,1-3H3,(H-,24,26,27,28). The molecular formula is C22H35FN2O4. The fourth-order valence-corrected chi connectivity index (χ4v) is 3.14. The van der Waals surface area contributed by atoms with Gasteiger partial charge in [-0.1, -0.05) is 37.5 Å². The Kier molecular flexibility index (Phi) is 11.5. The minimum Gasteiger partial charge on any atom is -0.550 e. The van der Waals surface area contributed by atoms with E-state index in [9.17, 15) is 19.1 Å². The van der Waals surface area contributed by atoms with Crippen LogP contribution in [0.25, 0.3) is 0 Å². The predicted molar refractivity (Wildman–Crippen MR) is 108 cm³/mol. The second-order valence-electron chi connectivity index (χ2n) is 8.48. The predicted octanol–water partition coefficient (Wildman–Crippen LogP) is 2.01. The molecule has 1 aromatic carbocycles. The molecular weight excluding hydrogens is 375 g/mol. The molecule has 7 heteroatoms. The number of rotatable bonds is 15. The second kappa shape index (κ2) is 13.3. The Morgan fingerprint density at radius 1 is 1.10 bits per heavy atom. The maximum Gasteiger partial charge on any atom is 0.220 e. The van der Waals surface area contributed by atoms with Crippen LogP contribution in [0.15, 0.2) is 24.3 Å². The van der Waals surface area contributed by atoms with Crippen LogP contribution in [0.2, 0.25) is 0 Å². The summed E-state index contributed by atoms with van der Waals surface area (Å²) in [6.45, 7) is 1.41. The third-order valence-corrected chi connectivity index (χ3v) is 4.45. The molecule has 0 bridgehead atoms. The molecule has 1 amide bonds. The zero-order valence-corrected chi connectivity index (χ0v) is 17.9. The molecule has 6 nitrogen and oxygen atoms in total. The average Bonchev–Trinajstić information content (AvgIpc) is 2.59. The van der Waals surface area contributed by atoms with E-state index in [2.05, 4.69) is 5.32 Å². The molecule has 0 spiro atoms. The van der Waals surface area contributed by atoms with Gasteiger partial charge in [-0.2, -0.15) is 0 Å². The smallest absolute Gasteiger partial charge is 0.220 e. The van der Waals surface area contributed by atoms with Crippen molar-refractivity contribution in [2.75, 3.05) is 34.3 Å². The van der Waals surface area contributed by atoms with Crippen molar-refractivity contribution >= 4 is 11.9 Å². The van der Waals surface area contributed by atoms with E-state index in [1.807, 2.05) is 21.1 Å². The van der Waals surface area contributed by atoms with Crippen LogP contribution in [0.5, 0.6) is 0 Å². The second-order valence-corrected chi connectivity index (χ2v) is 8.48. The van der Waals surface area contributed by atoms with Gasteiger partial charge in [-0.05, 0) is 18.9 Å². The number of quaternary nitrogens is 1. The molecule has 29 heavy (non-hydrogen) atoms. The van der Waals surface area contributed by atoms with Crippen LogP contribution in [-0.4, -0.2) is 56.7 Å². The highest BCUT2D eigenvalue weighted by molar-refractivity contribution is 5.77. The molecule has 0 aliphatic carbocycles. The van der Waals surface area contributed by atoms with E-state index >= 15 is 0 Å². The number of unbranched alkanes of at least 4 members (excludes halogenated alkanes) is 4. The third-order valence-electron chi connectivity index (χ3n) is 4.45. The van der Waals surface area contributed by atoms with Crippen LogP contribution < -0.4 is 10.4 Å². The van der Waals surface area contributed by atoms with E-state index in [4.69, 9.17) is 4.74 Å². The molecule has 1 aromatic rings. The van der Waals surface area contributed by atoms with E-state index in [0.717, 1.165) is 32.1 Å². The van der Waals surface area contributed by atoms with Crippen LogP contribution in [0.3, 0.4) is 0 Å². The Morgan fingerprint density at radius 3 is 2.41 bits per heavy atom. The number of aliphatic carboxylic acids is 1. The lowest BCUT2D eigenvalue weighted by Gasteiger charge is -2.30. The van der Waals surface area contributed by atoms with Gasteiger partial charge in [0.1, 0.15) is 5.82 Å². The topological polar surface area (TPSA) is 78.5 Å². The SMILES string of the molecule is C[N+](C)(C)CC(CC(=O)[O-])NC(=O)CCCCCCCOCc1ccccc1F. The maximum atomic E-state index is 13.4. The lowest BCUT2D eigenvalue weighted by molar-refractivity contribution is -0.871. The molecule has 0 aliphatic rings. The zero-order valence-electron chi connectivity index (χ0n) is 17.9. The highest BCUT2D eigenvalue weighted by atomic mass is 19.1. The minimum absolute atomic E-state index is 0.113. The van der Waals surface area contributed by atoms with Crippen molar-refractivity contribution in [1.29, 1.82) is 0 Å². The molecule has 0 radical (unpaired) electrons.